The number of carbonyl (C=O) groups excluding carboxylic acids is 1. The van der Waals surface area contributed by atoms with Gasteiger partial charge in [0.2, 0.25) is 0 Å². The molecule has 0 heterocycles. The normalized spacial score (nSPS) is 10.5. The second-order valence-electron chi connectivity index (χ2n) is 4.27. The van der Waals surface area contributed by atoms with Crippen molar-refractivity contribution in [3.63, 3.8) is 0 Å². The summed E-state index contributed by atoms with van der Waals surface area (Å²) in [5.41, 5.74) is 0. The van der Waals surface area contributed by atoms with Crippen LogP contribution in [0.4, 0.5) is 0 Å². The highest BCUT2D eigenvalue weighted by atomic mass is 35.5. The van der Waals surface area contributed by atoms with Crippen molar-refractivity contribution in [3.05, 3.63) is 28.2 Å². The number of benzene rings is 1. The highest BCUT2D eigenvalue weighted by Crippen LogP contribution is 2.27. The maximum Gasteiger partial charge on any atom is 0.344 e. The maximum absolute atomic E-state index is 11.4. The van der Waals surface area contributed by atoms with E-state index in [-0.39, 0.29) is 6.61 Å². The predicted octanol–water partition coefficient (Wildman–Crippen LogP) is 3.96. The molecular weight excluding hydrogens is 275 g/mol. The van der Waals surface area contributed by atoms with Crippen LogP contribution in [0.5, 0.6) is 5.75 Å². The molecule has 0 bridgehead atoms. The van der Waals surface area contributed by atoms with Crippen molar-refractivity contribution in [3.8, 4) is 5.75 Å². The third-order valence-electron chi connectivity index (χ3n) is 2.20. The van der Waals surface area contributed by atoms with Crippen LogP contribution in [0.3, 0.4) is 0 Å². The lowest BCUT2D eigenvalue weighted by Crippen LogP contribution is -2.16. The first-order valence-corrected chi connectivity index (χ1v) is 6.48. The SMILES string of the molecule is CC(C)CCOC(=O)COc1ccc(Cl)cc1Cl. The van der Waals surface area contributed by atoms with Crippen LogP contribution in [0.1, 0.15) is 20.3 Å². The lowest BCUT2D eigenvalue weighted by Gasteiger charge is -2.09. The number of rotatable bonds is 6. The van der Waals surface area contributed by atoms with Gasteiger partial charge >= 0.3 is 5.97 Å². The van der Waals surface area contributed by atoms with E-state index in [1.54, 1.807) is 18.2 Å². The van der Waals surface area contributed by atoms with Crippen molar-refractivity contribution < 1.29 is 14.3 Å². The molecule has 0 atom stereocenters. The first-order chi connectivity index (χ1) is 8.49. The molecule has 1 rings (SSSR count). The van der Waals surface area contributed by atoms with Gasteiger partial charge in [-0.05, 0) is 30.5 Å². The summed E-state index contributed by atoms with van der Waals surface area (Å²) in [5, 5.41) is 0.893. The van der Waals surface area contributed by atoms with Crippen LogP contribution in [0.25, 0.3) is 0 Å². The van der Waals surface area contributed by atoms with E-state index in [9.17, 15) is 4.79 Å². The van der Waals surface area contributed by atoms with Crippen molar-refractivity contribution in [2.75, 3.05) is 13.2 Å². The van der Waals surface area contributed by atoms with Crippen molar-refractivity contribution in [1.29, 1.82) is 0 Å². The van der Waals surface area contributed by atoms with E-state index in [1.807, 2.05) is 0 Å². The zero-order valence-electron chi connectivity index (χ0n) is 10.4. The minimum atomic E-state index is -0.401. The molecule has 100 valence electrons. The zero-order valence-corrected chi connectivity index (χ0v) is 11.9. The topological polar surface area (TPSA) is 35.5 Å². The molecule has 1 aromatic rings. The molecule has 0 aliphatic rings. The van der Waals surface area contributed by atoms with Crippen LogP contribution in [0.15, 0.2) is 18.2 Å². The first kappa shape index (κ1) is 15.1. The van der Waals surface area contributed by atoms with Crippen LogP contribution in [0.2, 0.25) is 10.0 Å². The third kappa shape index (κ3) is 5.61. The van der Waals surface area contributed by atoms with Crippen molar-refractivity contribution in [2.24, 2.45) is 5.92 Å². The Bertz CT molecular complexity index is 405. The fraction of sp³-hybridized carbons (Fsp3) is 0.462. The van der Waals surface area contributed by atoms with E-state index in [0.717, 1.165) is 6.42 Å². The summed E-state index contributed by atoms with van der Waals surface area (Å²) in [7, 11) is 0. The third-order valence-corrected chi connectivity index (χ3v) is 2.73. The van der Waals surface area contributed by atoms with Crippen LogP contribution in [-0.4, -0.2) is 19.2 Å². The van der Waals surface area contributed by atoms with Gasteiger partial charge in [-0.15, -0.1) is 0 Å². The summed E-state index contributed by atoms with van der Waals surface area (Å²) in [6, 6.07) is 4.82. The molecule has 0 aromatic heterocycles. The average Bonchev–Trinajstić information content (AvgIpc) is 2.27. The highest BCUT2D eigenvalue weighted by molar-refractivity contribution is 6.35. The molecule has 0 aliphatic carbocycles. The molecule has 0 spiro atoms. The van der Waals surface area contributed by atoms with Gasteiger partial charge in [0.05, 0.1) is 11.6 Å². The van der Waals surface area contributed by atoms with E-state index in [0.29, 0.717) is 28.3 Å². The number of ether oxygens (including phenoxy) is 2. The zero-order chi connectivity index (χ0) is 13.5. The molecule has 0 N–H and O–H groups in total. The quantitative estimate of drug-likeness (QED) is 0.744. The number of hydrogen-bond acceptors (Lipinski definition) is 3. The fourth-order valence-corrected chi connectivity index (χ4v) is 1.64. The number of esters is 1. The molecule has 0 radical (unpaired) electrons. The summed E-state index contributed by atoms with van der Waals surface area (Å²) in [6.45, 7) is 4.39. The van der Waals surface area contributed by atoms with Crippen molar-refractivity contribution >= 4 is 29.2 Å². The molecular formula is C13H16Cl2O3. The molecule has 3 nitrogen and oxygen atoms in total. The van der Waals surface area contributed by atoms with Gasteiger partial charge in [-0.2, -0.15) is 0 Å². The van der Waals surface area contributed by atoms with Gasteiger partial charge in [0, 0.05) is 5.02 Å². The Morgan fingerprint density at radius 1 is 1.33 bits per heavy atom. The number of carbonyl (C=O) groups is 1. The molecule has 1 aromatic carbocycles. The van der Waals surface area contributed by atoms with Crippen molar-refractivity contribution in [1.82, 2.24) is 0 Å². The molecule has 0 saturated carbocycles. The van der Waals surface area contributed by atoms with Gasteiger partial charge in [-0.1, -0.05) is 37.0 Å². The second-order valence-corrected chi connectivity index (χ2v) is 5.11. The summed E-state index contributed by atoms with van der Waals surface area (Å²) < 4.78 is 10.3. The smallest absolute Gasteiger partial charge is 0.344 e. The molecule has 0 unspecified atom stereocenters. The Balaban J connectivity index is 2.33. The summed E-state index contributed by atoms with van der Waals surface area (Å²) in [4.78, 5) is 11.4. The molecule has 0 amide bonds. The largest absolute Gasteiger partial charge is 0.480 e. The minimum Gasteiger partial charge on any atom is -0.480 e. The van der Waals surface area contributed by atoms with Gasteiger partial charge in [0.15, 0.2) is 6.61 Å². The molecule has 18 heavy (non-hydrogen) atoms. The Morgan fingerprint density at radius 3 is 2.67 bits per heavy atom. The monoisotopic (exact) mass is 290 g/mol. The van der Waals surface area contributed by atoms with E-state index in [2.05, 4.69) is 13.8 Å². The minimum absolute atomic E-state index is 0.153. The van der Waals surface area contributed by atoms with Gasteiger partial charge < -0.3 is 9.47 Å². The number of halogens is 2. The standard InChI is InChI=1S/C13H16Cl2O3/c1-9(2)5-6-17-13(16)8-18-12-4-3-10(14)7-11(12)15/h3-4,7,9H,5-6,8H2,1-2H3. The summed E-state index contributed by atoms with van der Waals surface area (Å²) in [5.74, 6) is 0.521. The molecule has 0 aliphatic heterocycles. The first-order valence-electron chi connectivity index (χ1n) is 5.72. The van der Waals surface area contributed by atoms with E-state index in [1.165, 1.54) is 0 Å². The average molecular weight is 291 g/mol. The van der Waals surface area contributed by atoms with E-state index < -0.39 is 5.97 Å². The highest BCUT2D eigenvalue weighted by Gasteiger charge is 2.07. The predicted molar refractivity (Wildman–Crippen MR) is 72.4 cm³/mol. The Kier molecular flexibility index (Phi) is 6.30. The van der Waals surface area contributed by atoms with E-state index >= 15 is 0 Å². The maximum atomic E-state index is 11.4. The molecule has 0 saturated heterocycles. The Morgan fingerprint density at radius 2 is 2.06 bits per heavy atom. The number of hydrogen-bond donors (Lipinski definition) is 0. The van der Waals surface area contributed by atoms with Crippen molar-refractivity contribution in [2.45, 2.75) is 20.3 Å². The summed E-state index contributed by atoms with van der Waals surface area (Å²) >= 11 is 11.6. The van der Waals surface area contributed by atoms with Crippen LogP contribution in [0, 0.1) is 5.92 Å². The summed E-state index contributed by atoms with van der Waals surface area (Å²) in [6.07, 6.45) is 0.841. The fourth-order valence-electron chi connectivity index (χ4n) is 1.18. The lowest BCUT2D eigenvalue weighted by atomic mass is 10.1. The van der Waals surface area contributed by atoms with Gasteiger partial charge in [-0.3, -0.25) is 0 Å². The van der Waals surface area contributed by atoms with Crippen LogP contribution < -0.4 is 4.74 Å². The Hall–Kier alpha value is -0.930. The Labute approximate surface area is 117 Å². The van der Waals surface area contributed by atoms with Gasteiger partial charge in [0.1, 0.15) is 5.75 Å². The molecule has 0 fully saturated rings. The second kappa shape index (κ2) is 7.49. The van der Waals surface area contributed by atoms with Gasteiger partial charge in [-0.25, -0.2) is 4.79 Å². The molecule has 5 heteroatoms. The lowest BCUT2D eigenvalue weighted by molar-refractivity contribution is -0.146. The van der Waals surface area contributed by atoms with Crippen LogP contribution in [-0.2, 0) is 9.53 Å². The van der Waals surface area contributed by atoms with Crippen LogP contribution >= 0.6 is 23.2 Å². The van der Waals surface area contributed by atoms with E-state index in [4.69, 9.17) is 32.7 Å². The van der Waals surface area contributed by atoms with Gasteiger partial charge in [0.25, 0.3) is 0 Å².